The summed E-state index contributed by atoms with van der Waals surface area (Å²) in [6.07, 6.45) is 0. The number of amides is 2. The maximum absolute atomic E-state index is 12.8. The summed E-state index contributed by atoms with van der Waals surface area (Å²) in [5, 5.41) is 15.1. The quantitative estimate of drug-likeness (QED) is 0.363. The van der Waals surface area contributed by atoms with Crippen LogP contribution in [0.5, 0.6) is 0 Å². The zero-order valence-electron chi connectivity index (χ0n) is 19.0. The minimum atomic E-state index is -0.190. The van der Waals surface area contributed by atoms with Gasteiger partial charge in [0.25, 0.3) is 5.91 Å². The summed E-state index contributed by atoms with van der Waals surface area (Å²) in [5.41, 5.74) is 3.86. The molecule has 172 valence electrons. The van der Waals surface area contributed by atoms with Gasteiger partial charge < -0.3 is 10.6 Å². The molecule has 4 aromatic rings. The topological polar surface area (TPSA) is 88.9 Å². The third-order valence-corrected chi connectivity index (χ3v) is 6.05. The molecule has 2 amide bonds. The number of rotatable bonds is 8. The Kier molecular flexibility index (Phi) is 7.39. The zero-order valence-corrected chi connectivity index (χ0v) is 19.8. The fourth-order valence-corrected chi connectivity index (χ4v) is 4.18. The van der Waals surface area contributed by atoms with Gasteiger partial charge in [0.05, 0.1) is 5.75 Å². The van der Waals surface area contributed by atoms with Gasteiger partial charge in [-0.1, -0.05) is 66.4 Å². The van der Waals surface area contributed by atoms with Crippen molar-refractivity contribution in [2.75, 3.05) is 17.6 Å². The second kappa shape index (κ2) is 10.8. The van der Waals surface area contributed by atoms with Crippen LogP contribution < -0.4 is 10.6 Å². The Morgan fingerprint density at radius 2 is 1.65 bits per heavy atom. The van der Waals surface area contributed by atoms with Crippen molar-refractivity contribution in [1.29, 1.82) is 0 Å². The minimum Gasteiger partial charge on any atom is -0.352 e. The van der Waals surface area contributed by atoms with E-state index < -0.39 is 0 Å². The summed E-state index contributed by atoms with van der Waals surface area (Å²) in [6, 6.07) is 24.9. The van der Waals surface area contributed by atoms with Crippen molar-refractivity contribution in [1.82, 2.24) is 20.1 Å². The average molecular weight is 472 g/mol. The minimum absolute atomic E-state index is 0.143. The van der Waals surface area contributed by atoms with Crippen molar-refractivity contribution in [2.45, 2.75) is 19.0 Å². The van der Waals surface area contributed by atoms with E-state index in [1.54, 1.807) is 12.1 Å². The zero-order chi connectivity index (χ0) is 23.9. The van der Waals surface area contributed by atoms with Gasteiger partial charge in [0.1, 0.15) is 0 Å². The number of hydrogen-bond acceptors (Lipinski definition) is 5. The van der Waals surface area contributed by atoms with E-state index in [4.69, 9.17) is 0 Å². The molecule has 7 nitrogen and oxygen atoms in total. The molecule has 4 rings (SSSR count). The number of carbonyl (C=O) groups excluding carboxylic acids is 2. The van der Waals surface area contributed by atoms with Crippen molar-refractivity contribution in [2.24, 2.45) is 0 Å². The molecular weight excluding hydrogens is 446 g/mol. The molecule has 8 heteroatoms. The van der Waals surface area contributed by atoms with E-state index in [0.717, 1.165) is 16.8 Å². The van der Waals surface area contributed by atoms with Crippen LogP contribution in [0.2, 0.25) is 0 Å². The summed E-state index contributed by atoms with van der Waals surface area (Å²) < 4.78 is 1.95. The van der Waals surface area contributed by atoms with E-state index in [2.05, 4.69) is 20.8 Å². The van der Waals surface area contributed by atoms with Gasteiger partial charge >= 0.3 is 0 Å². The van der Waals surface area contributed by atoms with E-state index in [0.29, 0.717) is 28.8 Å². The van der Waals surface area contributed by atoms with Gasteiger partial charge in [0.15, 0.2) is 11.0 Å². The summed E-state index contributed by atoms with van der Waals surface area (Å²) in [6.45, 7) is 4.30. The van der Waals surface area contributed by atoms with Gasteiger partial charge in [-0.3, -0.25) is 14.2 Å². The number of benzene rings is 3. The van der Waals surface area contributed by atoms with Crippen molar-refractivity contribution in [3.8, 4) is 17.1 Å². The molecule has 0 aliphatic carbocycles. The van der Waals surface area contributed by atoms with Crippen LogP contribution in [-0.4, -0.2) is 38.9 Å². The van der Waals surface area contributed by atoms with Gasteiger partial charge in [-0.05, 0) is 43.7 Å². The summed E-state index contributed by atoms with van der Waals surface area (Å²) >= 11 is 1.31. The molecule has 0 saturated heterocycles. The first kappa shape index (κ1) is 23.3. The second-order valence-electron chi connectivity index (χ2n) is 7.57. The van der Waals surface area contributed by atoms with Gasteiger partial charge in [0.2, 0.25) is 5.91 Å². The van der Waals surface area contributed by atoms with Gasteiger partial charge in [-0.2, -0.15) is 0 Å². The third kappa shape index (κ3) is 5.35. The average Bonchev–Trinajstić information content (AvgIpc) is 3.29. The molecule has 3 aromatic carbocycles. The molecule has 0 radical (unpaired) electrons. The van der Waals surface area contributed by atoms with E-state index in [1.165, 1.54) is 11.8 Å². The molecule has 1 aromatic heterocycles. The lowest BCUT2D eigenvalue weighted by Gasteiger charge is -2.12. The number of aromatic nitrogens is 3. The normalized spacial score (nSPS) is 10.6. The van der Waals surface area contributed by atoms with E-state index >= 15 is 0 Å². The maximum Gasteiger partial charge on any atom is 0.251 e. The van der Waals surface area contributed by atoms with Crippen molar-refractivity contribution < 1.29 is 9.59 Å². The largest absolute Gasteiger partial charge is 0.352 e. The number of para-hydroxylation sites is 1. The predicted octanol–water partition coefficient (Wildman–Crippen LogP) is 4.72. The van der Waals surface area contributed by atoms with Crippen LogP contribution in [0.15, 0.2) is 84.0 Å². The molecule has 0 unspecified atom stereocenters. The molecule has 0 saturated carbocycles. The second-order valence-corrected chi connectivity index (χ2v) is 8.51. The molecule has 0 aliphatic rings. The van der Waals surface area contributed by atoms with Crippen molar-refractivity contribution in [3.63, 3.8) is 0 Å². The van der Waals surface area contributed by atoms with Crippen LogP contribution in [0.3, 0.4) is 0 Å². The Morgan fingerprint density at radius 1 is 0.941 bits per heavy atom. The van der Waals surface area contributed by atoms with Gasteiger partial charge in [-0.25, -0.2) is 0 Å². The monoisotopic (exact) mass is 471 g/mol. The fourth-order valence-electron chi connectivity index (χ4n) is 3.42. The number of hydrogen-bond donors (Lipinski definition) is 2. The predicted molar refractivity (Wildman–Crippen MR) is 135 cm³/mol. The molecule has 0 bridgehead atoms. The molecule has 34 heavy (non-hydrogen) atoms. The first-order valence-electron chi connectivity index (χ1n) is 10.9. The van der Waals surface area contributed by atoms with E-state index in [-0.39, 0.29) is 17.6 Å². The van der Waals surface area contributed by atoms with Crippen molar-refractivity contribution in [3.05, 3.63) is 90.0 Å². The summed E-state index contributed by atoms with van der Waals surface area (Å²) in [7, 11) is 0. The number of nitrogens with one attached hydrogen (secondary N) is 2. The Balaban J connectivity index is 1.53. The van der Waals surface area contributed by atoms with Crippen LogP contribution in [0.1, 0.15) is 22.8 Å². The molecule has 2 N–H and O–H groups in total. The standard InChI is InChI=1S/C26H25N5O2S/c1-3-27-25(33)20-15-14-18(2)22(16-20)28-23(32)17-34-26-30-29-24(19-10-6-4-7-11-19)31(26)21-12-8-5-9-13-21/h4-16H,3,17H2,1-2H3,(H,27,33)(H,28,32). The third-order valence-electron chi connectivity index (χ3n) is 5.12. The number of anilines is 1. The highest BCUT2D eigenvalue weighted by molar-refractivity contribution is 7.99. The van der Waals surface area contributed by atoms with Crippen LogP contribution in [0, 0.1) is 6.92 Å². The first-order chi connectivity index (χ1) is 16.6. The fraction of sp³-hybridized carbons (Fsp3) is 0.154. The van der Waals surface area contributed by atoms with E-state index in [9.17, 15) is 9.59 Å². The Labute approximate surface area is 202 Å². The van der Waals surface area contributed by atoms with Crippen LogP contribution >= 0.6 is 11.8 Å². The van der Waals surface area contributed by atoms with Crippen LogP contribution in [0.25, 0.3) is 17.1 Å². The molecule has 0 spiro atoms. The van der Waals surface area contributed by atoms with Crippen LogP contribution in [-0.2, 0) is 4.79 Å². The number of carbonyl (C=O) groups is 2. The molecule has 0 atom stereocenters. The maximum atomic E-state index is 12.8. The molecule has 1 heterocycles. The molecular formula is C26H25N5O2S. The van der Waals surface area contributed by atoms with Crippen molar-refractivity contribution >= 4 is 29.3 Å². The van der Waals surface area contributed by atoms with Gasteiger partial charge in [0, 0.05) is 29.0 Å². The number of thioether (sulfide) groups is 1. The SMILES string of the molecule is CCNC(=O)c1ccc(C)c(NC(=O)CSc2nnc(-c3ccccc3)n2-c2ccccc2)c1. The lowest BCUT2D eigenvalue weighted by atomic mass is 10.1. The first-order valence-corrected chi connectivity index (χ1v) is 11.9. The van der Waals surface area contributed by atoms with Gasteiger partial charge in [-0.15, -0.1) is 10.2 Å². The van der Waals surface area contributed by atoms with Crippen LogP contribution in [0.4, 0.5) is 5.69 Å². The summed E-state index contributed by atoms with van der Waals surface area (Å²) in [4.78, 5) is 24.9. The number of aryl methyl sites for hydroxylation is 1. The lowest BCUT2D eigenvalue weighted by Crippen LogP contribution is -2.23. The highest BCUT2D eigenvalue weighted by atomic mass is 32.2. The Hall–Kier alpha value is -3.91. The highest BCUT2D eigenvalue weighted by Gasteiger charge is 2.17. The Morgan fingerprint density at radius 3 is 2.35 bits per heavy atom. The molecule has 0 fully saturated rings. The Bertz CT molecular complexity index is 1290. The summed E-state index contributed by atoms with van der Waals surface area (Å²) in [5.74, 6) is 0.492. The highest BCUT2D eigenvalue weighted by Crippen LogP contribution is 2.28. The number of nitrogens with zero attached hydrogens (tertiary/aromatic N) is 3. The lowest BCUT2D eigenvalue weighted by molar-refractivity contribution is -0.113. The van der Waals surface area contributed by atoms with E-state index in [1.807, 2.05) is 85.1 Å². The molecule has 0 aliphatic heterocycles. The smallest absolute Gasteiger partial charge is 0.251 e.